The van der Waals surface area contributed by atoms with E-state index < -0.39 is 13.9 Å². The van der Waals surface area contributed by atoms with E-state index in [-0.39, 0.29) is 32.3 Å². The SMILES string of the molecule is CCCCCCCCCCCCCCCCCCCCCCOC[C@H](COP(=O)(O)OCCN)OC(=O)CCCCCCCCCCCCCCCCCCCCC. The summed E-state index contributed by atoms with van der Waals surface area (Å²) in [7, 11) is -4.27. The number of ether oxygens (including phenoxy) is 2. The van der Waals surface area contributed by atoms with Crippen molar-refractivity contribution in [3.63, 3.8) is 0 Å². The summed E-state index contributed by atoms with van der Waals surface area (Å²) in [4.78, 5) is 22.6. The minimum atomic E-state index is -4.27. The first kappa shape index (κ1) is 57.5. The normalized spacial score (nSPS) is 13.2. The lowest BCUT2D eigenvalue weighted by molar-refractivity contribution is -0.154. The molecule has 0 rings (SSSR count). The number of phosphoric ester groups is 1. The van der Waals surface area contributed by atoms with Gasteiger partial charge in [0.1, 0.15) is 6.10 Å². The van der Waals surface area contributed by atoms with E-state index in [1.165, 1.54) is 218 Å². The molecule has 1 unspecified atom stereocenters. The Balaban J connectivity index is 3.88. The van der Waals surface area contributed by atoms with Crippen molar-refractivity contribution in [3.8, 4) is 0 Å². The molecule has 0 fully saturated rings. The Morgan fingerprint density at radius 1 is 0.448 bits per heavy atom. The lowest BCUT2D eigenvalue weighted by Crippen LogP contribution is -2.28. The second-order valence-corrected chi connectivity index (χ2v) is 18.9. The van der Waals surface area contributed by atoms with Crippen molar-refractivity contribution in [2.45, 2.75) is 277 Å². The van der Waals surface area contributed by atoms with Gasteiger partial charge in [-0.2, -0.15) is 0 Å². The number of rotatable bonds is 50. The van der Waals surface area contributed by atoms with Crippen LogP contribution < -0.4 is 5.73 Å². The van der Waals surface area contributed by atoms with Crippen LogP contribution in [0.5, 0.6) is 0 Å². The highest BCUT2D eigenvalue weighted by Gasteiger charge is 2.25. The monoisotopic (exact) mass is 846 g/mol. The van der Waals surface area contributed by atoms with E-state index in [0.717, 1.165) is 32.1 Å². The molecule has 0 bridgehead atoms. The zero-order valence-corrected chi connectivity index (χ0v) is 39.7. The van der Waals surface area contributed by atoms with Gasteiger partial charge in [0.05, 0.1) is 19.8 Å². The van der Waals surface area contributed by atoms with Gasteiger partial charge in [-0.15, -0.1) is 0 Å². The maximum absolute atomic E-state index is 12.6. The third-order valence-electron chi connectivity index (χ3n) is 11.5. The predicted molar refractivity (Wildman–Crippen MR) is 248 cm³/mol. The van der Waals surface area contributed by atoms with Crippen molar-refractivity contribution < 1.29 is 32.8 Å². The lowest BCUT2D eigenvalue weighted by Gasteiger charge is -2.20. The fraction of sp³-hybridized carbons (Fsp3) is 0.980. The Morgan fingerprint density at radius 2 is 0.759 bits per heavy atom. The molecule has 0 spiro atoms. The number of hydrogen-bond acceptors (Lipinski definition) is 7. The molecule has 0 saturated heterocycles. The van der Waals surface area contributed by atoms with Crippen LogP contribution in [0.25, 0.3) is 0 Å². The molecule has 2 atom stereocenters. The molecule has 0 saturated carbocycles. The number of hydrogen-bond donors (Lipinski definition) is 2. The summed E-state index contributed by atoms with van der Waals surface area (Å²) in [6.07, 6.45) is 51.3. The molecule has 0 amide bonds. The van der Waals surface area contributed by atoms with Crippen molar-refractivity contribution in [2.24, 2.45) is 5.73 Å². The number of nitrogens with two attached hydrogens (primary N) is 1. The van der Waals surface area contributed by atoms with Crippen LogP contribution in [0.2, 0.25) is 0 Å². The Labute approximate surface area is 361 Å². The van der Waals surface area contributed by atoms with Gasteiger partial charge in [-0.25, -0.2) is 4.57 Å². The van der Waals surface area contributed by atoms with Gasteiger partial charge in [-0.3, -0.25) is 13.8 Å². The van der Waals surface area contributed by atoms with E-state index in [1.54, 1.807) is 0 Å². The minimum Gasteiger partial charge on any atom is -0.457 e. The molecule has 0 aliphatic heterocycles. The van der Waals surface area contributed by atoms with Gasteiger partial charge in [0, 0.05) is 19.6 Å². The van der Waals surface area contributed by atoms with E-state index in [2.05, 4.69) is 13.8 Å². The zero-order chi connectivity index (χ0) is 42.3. The topological polar surface area (TPSA) is 117 Å². The maximum atomic E-state index is 12.6. The van der Waals surface area contributed by atoms with Crippen molar-refractivity contribution in [1.29, 1.82) is 0 Å². The zero-order valence-electron chi connectivity index (χ0n) is 38.8. The second kappa shape index (κ2) is 47.5. The van der Waals surface area contributed by atoms with Gasteiger partial charge < -0.3 is 20.1 Å². The Bertz CT molecular complexity index is 863. The average molecular weight is 846 g/mol. The van der Waals surface area contributed by atoms with Gasteiger partial charge in [0.25, 0.3) is 0 Å². The van der Waals surface area contributed by atoms with E-state index >= 15 is 0 Å². The van der Waals surface area contributed by atoms with E-state index in [1.807, 2.05) is 0 Å². The molecule has 58 heavy (non-hydrogen) atoms. The number of unbranched alkanes of at least 4 members (excludes halogenated alkanes) is 37. The minimum absolute atomic E-state index is 0.0897. The highest BCUT2D eigenvalue weighted by atomic mass is 31.2. The standard InChI is InChI=1S/C49H100NO7P/c1-3-5-7-9-11-13-15-17-19-21-23-25-27-29-31-33-35-37-39-41-44-54-46-48(47-56-58(52,53)55-45-43-50)57-49(51)42-40-38-36-34-32-30-28-26-24-22-20-18-16-14-12-10-8-6-4-2/h48H,3-47,50H2,1-2H3,(H,52,53)/t48-/m1/s1. The number of carbonyl (C=O) groups is 1. The molecule has 3 N–H and O–H groups in total. The predicted octanol–water partition coefficient (Wildman–Crippen LogP) is 15.7. The summed E-state index contributed by atoms with van der Waals surface area (Å²) in [5.74, 6) is -0.321. The molecule has 0 aliphatic carbocycles. The summed E-state index contributed by atoms with van der Waals surface area (Å²) in [5, 5.41) is 0. The summed E-state index contributed by atoms with van der Waals surface area (Å²) in [6.45, 7) is 5.01. The molecule has 0 radical (unpaired) electrons. The van der Waals surface area contributed by atoms with Crippen LogP contribution in [0.1, 0.15) is 271 Å². The third kappa shape index (κ3) is 46.6. The fourth-order valence-corrected chi connectivity index (χ4v) is 8.53. The molecule has 0 aromatic heterocycles. The summed E-state index contributed by atoms with van der Waals surface area (Å²) in [6, 6.07) is 0. The van der Waals surface area contributed by atoms with Crippen molar-refractivity contribution >= 4 is 13.8 Å². The van der Waals surface area contributed by atoms with E-state index in [0.29, 0.717) is 13.0 Å². The van der Waals surface area contributed by atoms with Crippen molar-refractivity contribution in [1.82, 2.24) is 0 Å². The van der Waals surface area contributed by atoms with Crippen LogP contribution in [0.3, 0.4) is 0 Å². The summed E-state index contributed by atoms with van der Waals surface area (Å²) >= 11 is 0. The highest BCUT2D eigenvalue weighted by Crippen LogP contribution is 2.43. The largest absolute Gasteiger partial charge is 0.472 e. The van der Waals surface area contributed by atoms with E-state index in [9.17, 15) is 14.3 Å². The number of esters is 1. The maximum Gasteiger partial charge on any atom is 0.472 e. The molecule has 0 heterocycles. The molecule has 0 aromatic rings. The molecule has 9 heteroatoms. The quantitative estimate of drug-likeness (QED) is 0.0353. The average Bonchev–Trinajstić information content (AvgIpc) is 3.21. The van der Waals surface area contributed by atoms with Crippen LogP contribution in [-0.4, -0.2) is 49.9 Å². The lowest BCUT2D eigenvalue weighted by atomic mass is 10.0. The molecule has 348 valence electrons. The molecule has 0 aromatic carbocycles. The van der Waals surface area contributed by atoms with Gasteiger partial charge in [-0.05, 0) is 12.8 Å². The number of phosphoric acid groups is 1. The molecule has 8 nitrogen and oxygen atoms in total. The third-order valence-corrected chi connectivity index (χ3v) is 12.5. The second-order valence-electron chi connectivity index (χ2n) is 17.4. The Hall–Kier alpha value is -0.500. The molecule has 0 aliphatic rings. The van der Waals surface area contributed by atoms with Crippen LogP contribution in [-0.2, 0) is 27.9 Å². The van der Waals surface area contributed by atoms with Gasteiger partial charge >= 0.3 is 13.8 Å². The van der Waals surface area contributed by atoms with Crippen LogP contribution in [0.15, 0.2) is 0 Å². The number of carbonyl (C=O) groups excluding carboxylic acids is 1. The van der Waals surface area contributed by atoms with Crippen LogP contribution >= 0.6 is 7.82 Å². The van der Waals surface area contributed by atoms with Gasteiger partial charge in [-0.1, -0.05) is 251 Å². The molecular weight excluding hydrogens is 746 g/mol. The van der Waals surface area contributed by atoms with Crippen LogP contribution in [0, 0.1) is 0 Å². The summed E-state index contributed by atoms with van der Waals surface area (Å²) < 4.78 is 33.6. The highest BCUT2D eigenvalue weighted by molar-refractivity contribution is 7.47. The van der Waals surface area contributed by atoms with E-state index in [4.69, 9.17) is 24.3 Å². The first-order valence-corrected chi connectivity index (χ1v) is 27.0. The first-order valence-electron chi connectivity index (χ1n) is 25.5. The summed E-state index contributed by atoms with van der Waals surface area (Å²) in [5.41, 5.74) is 5.39. The Kier molecular flexibility index (Phi) is 47.1. The van der Waals surface area contributed by atoms with Crippen LogP contribution in [0.4, 0.5) is 0 Å². The Morgan fingerprint density at radius 3 is 1.09 bits per heavy atom. The van der Waals surface area contributed by atoms with Crippen molar-refractivity contribution in [3.05, 3.63) is 0 Å². The first-order chi connectivity index (χ1) is 28.4. The fourth-order valence-electron chi connectivity index (χ4n) is 7.77. The van der Waals surface area contributed by atoms with Gasteiger partial charge in [0.2, 0.25) is 0 Å². The van der Waals surface area contributed by atoms with Crippen molar-refractivity contribution in [2.75, 3.05) is 33.0 Å². The molecular formula is C49H100NO7P. The van der Waals surface area contributed by atoms with Gasteiger partial charge in [0.15, 0.2) is 0 Å². The smallest absolute Gasteiger partial charge is 0.457 e.